The molecule has 0 aromatic heterocycles. The Kier molecular flexibility index (Phi) is 4.03. The molecule has 0 atom stereocenters. The van der Waals surface area contributed by atoms with Crippen molar-refractivity contribution in [3.63, 3.8) is 0 Å². The Morgan fingerprint density at radius 1 is 1.33 bits per heavy atom. The maximum Gasteiger partial charge on any atom is 0.223 e. The average Bonchev–Trinajstić information content (AvgIpc) is 2.16. The van der Waals surface area contributed by atoms with E-state index < -0.39 is 11.6 Å². The molecule has 82 valence electrons. The van der Waals surface area contributed by atoms with Crippen LogP contribution in [0.25, 0.3) is 0 Å². The van der Waals surface area contributed by atoms with Gasteiger partial charge in [-0.15, -0.1) is 0 Å². The van der Waals surface area contributed by atoms with Crippen molar-refractivity contribution in [2.75, 3.05) is 13.7 Å². The van der Waals surface area contributed by atoms with Crippen molar-refractivity contribution in [1.29, 1.82) is 0 Å². The van der Waals surface area contributed by atoms with Gasteiger partial charge in [-0.05, 0) is 0 Å². The summed E-state index contributed by atoms with van der Waals surface area (Å²) in [6.45, 7) is 0.0859. The maximum atomic E-state index is 12.7. The monoisotopic (exact) mass is 215 g/mol. The quantitative estimate of drug-likeness (QED) is 0.826. The van der Waals surface area contributed by atoms with Gasteiger partial charge in [0.05, 0.1) is 13.0 Å². The fraction of sp³-hybridized carbons (Fsp3) is 0.300. The van der Waals surface area contributed by atoms with Crippen LogP contribution in [0, 0.1) is 11.6 Å². The largest absolute Gasteiger partial charge is 0.493 e. The molecule has 0 spiro atoms. The predicted molar refractivity (Wildman–Crippen MR) is 50.5 cm³/mol. The van der Waals surface area contributed by atoms with Crippen molar-refractivity contribution in [2.45, 2.75) is 6.42 Å². The Morgan fingerprint density at radius 3 is 2.47 bits per heavy atom. The van der Waals surface area contributed by atoms with Gasteiger partial charge in [0.25, 0.3) is 0 Å². The smallest absolute Gasteiger partial charge is 0.223 e. The van der Waals surface area contributed by atoms with Crippen LogP contribution in [0.1, 0.15) is 6.42 Å². The third-order valence-corrected chi connectivity index (χ3v) is 1.71. The summed E-state index contributed by atoms with van der Waals surface area (Å²) in [5.74, 6) is -1.52. The molecule has 15 heavy (non-hydrogen) atoms. The molecule has 1 rings (SSSR count). The molecule has 0 aliphatic heterocycles. The lowest BCUT2D eigenvalue weighted by molar-refractivity contribution is -0.121. The lowest BCUT2D eigenvalue weighted by Gasteiger charge is -2.05. The Labute approximate surface area is 86.0 Å². The lowest BCUT2D eigenvalue weighted by Crippen LogP contribution is -2.20. The minimum Gasteiger partial charge on any atom is -0.493 e. The third-order valence-electron chi connectivity index (χ3n) is 1.71. The van der Waals surface area contributed by atoms with E-state index in [1.165, 1.54) is 7.05 Å². The number of amides is 1. The van der Waals surface area contributed by atoms with Gasteiger partial charge in [0.2, 0.25) is 5.91 Å². The molecule has 0 heterocycles. The summed E-state index contributed by atoms with van der Waals surface area (Å²) in [6, 6.07) is 2.88. The summed E-state index contributed by atoms with van der Waals surface area (Å²) < 4.78 is 30.4. The van der Waals surface area contributed by atoms with Crippen molar-refractivity contribution in [1.82, 2.24) is 5.32 Å². The molecule has 5 heteroatoms. The minimum absolute atomic E-state index is 0.0800. The van der Waals surface area contributed by atoms with Gasteiger partial charge >= 0.3 is 0 Å². The van der Waals surface area contributed by atoms with E-state index in [9.17, 15) is 13.6 Å². The van der Waals surface area contributed by atoms with E-state index >= 15 is 0 Å². The molecule has 1 aromatic rings. The predicted octanol–water partition coefficient (Wildman–Crippen LogP) is 1.48. The van der Waals surface area contributed by atoms with Crippen molar-refractivity contribution in [2.24, 2.45) is 0 Å². The number of carbonyl (C=O) groups excluding carboxylic acids is 1. The minimum atomic E-state index is -0.704. The van der Waals surface area contributed by atoms with Crippen LogP contribution in [0.15, 0.2) is 18.2 Å². The Morgan fingerprint density at radius 2 is 1.93 bits per heavy atom. The molecule has 0 aliphatic carbocycles. The van der Waals surface area contributed by atoms with Crippen molar-refractivity contribution < 1.29 is 18.3 Å². The molecule has 0 fully saturated rings. The summed E-state index contributed by atoms with van der Waals surface area (Å²) in [5, 5.41) is 2.41. The highest BCUT2D eigenvalue weighted by Gasteiger charge is 2.02. The fourth-order valence-corrected chi connectivity index (χ4v) is 0.998. The van der Waals surface area contributed by atoms with Crippen LogP contribution < -0.4 is 10.1 Å². The van der Waals surface area contributed by atoms with Gasteiger partial charge in [-0.2, -0.15) is 0 Å². The second kappa shape index (κ2) is 5.29. The van der Waals surface area contributed by atoms with Gasteiger partial charge in [0.1, 0.15) is 17.4 Å². The fourth-order valence-electron chi connectivity index (χ4n) is 0.998. The number of nitrogens with one attached hydrogen (secondary N) is 1. The first-order valence-electron chi connectivity index (χ1n) is 4.41. The zero-order chi connectivity index (χ0) is 11.3. The highest BCUT2D eigenvalue weighted by atomic mass is 19.1. The van der Waals surface area contributed by atoms with Crippen LogP contribution in [0.2, 0.25) is 0 Å². The molecule has 1 aromatic carbocycles. The highest BCUT2D eigenvalue weighted by molar-refractivity contribution is 5.75. The number of rotatable bonds is 4. The molecule has 0 saturated carbocycles. The molecule has 3 nitrogen and oxygen atoms in total. The Balaban J connectivity index is 2.47. The Hall–Kier alpha value is -1.65. The number of benzene rings is 1. The summed E-state index contributed by atoms with van der Waals surface area (Å²) in [4.78, 5) is 10.8. The van der Waals surface area contributed by atoms with Gasteiger partial charge in [0, 0.05) is 25.2 Å². The van der Waals surface area contributed by atoms with Crippen molar-refractivity contribution >= 4 is 5.91 Å². The van der Waals surface area contributed by atoms with E-state index in [2.05, 4.69) is 5.32 Å². The first kappa shape index (κ1) is 11.4. The van der Waals surface area contributed by atoms with Crippen LogP contribution in [0.3, 0.4) is 0 Å². The van der Waals surface area contributed by atoms with Crippen molar-refractivity contribution in [3.05, 3.63) is 29.8 Å². The van der Waals surface area contributed by atoms with E-state index in [1.54, 1.807) is 0 Å². The molecule has 0 aliphatic rings. The van der Waals surface area contributed by atoms with Crippen LogP contribution in [0.5, 0.6) is 5.75 Å². The summed E-state index contributed by atoms with van der Waals surface area (Å²) in [7, 11) is 1.50. The van der Waals surface area contributed by atoms with Crippen LogP contribution >= 0.6 is 0 Å². The summed E-state index contributed by atoms with van der Waals surface area (Å²) in [6.07, 6.45) is 0.147. The van der Waals surface area contributed by atoms with Crippen LogP contribution in [0.4, 0.5) is 8.78 Å². The topological polar surface area (TPSA) is 38.3 Å². The molecular formula is C10H11F2NO2. The third kappa shape index (κ3) is 3.93. The normalized spacial score (nSPS) is 9.80. The first-order valence-corrected chi connectivity index (χ1v) is 4.41. The van der Waals surface area contributed by atoms with E-state index in [0.717, 1.165) is 18.2 Å². The molecule has 1 N–H and O–H groups in total. The van der Waals surface area contributed by atoms with E-state index in [0.29, 0.717) is 0 Å². The number of hydrogen-bond acceptors (Lipinski definition) is 2. The second-order valence-electron chi connectivity index (χ2n) is 2.88. The molecule has 1 amide bonds. The van der Waals surface area contributed by atoms with Crippen LogP contribution in [-0.4, -0.2) is 19.6 Å². The van der Waals surface area contributed by atoms with Crippen molar-refractivity contribution in [3.8, 4) is 5.75 Å². The number of carbonyl (C=O) groups is 1. The van der Waals surface area contributed by atoms with E-state index in [-0.39, 0.29) is 24.7 Å². The highest BCUT2D eigenvalue weighted by Crippen LogP contribution is 2.15. The number of halogens is 2. The van der Waals surface area contributed by atoms with E-state index in [1.807, 2.05) is 0 Å². The van der Waals surface area contributed by atoms with Gasteiger partial charge in [-0.1, -0.05) is 0 Å². The first-order chi connectivity index (χ1) is 7.11. The Bertz CT molecular complexity index is 335. The van der Waals surface area contributed by atoms with Crippen LogP contribution in [-0.2, 0) is 4.79 Å². The zero-order valence-corrected chi connectivity index (χ0v) is 8.22. The number of hydrogen-bond donors (Lipinski definition) is 1. The zero-order valence-electron chi connectivity index (χ0n) is 8.22. The molecule has 0 unspecified atom stereocenters. The summed E-state index contributed by atoms with van der Waals surface area (Å²) in [5.41, 5.74) is 0. The molecule has 0 saturated heterocycles. The molecule has 0 bridgehead atoms. The lowest BCUT2D eigenvalue weighted by atomic mass is 10.3. The van der Waals surface area contributed by atoms with Gasteiger partial charge in [0.15, 0.2) is 0 Å². The standard InChI is InChI=1S/C10H11F2NO2/c1-13-10(14)2-3-15-9-5-7(11)4-8(12)6-9/h4-6H,2-3H2,1H3,(H,13,14). The van der Waals surface area contributed by atoms with Gasteiger partial charge in [-0.25, -0.2) is 8.78 Å². The SMILES string of the molecule is CNC(=O)CCOc1cc(F)cc(F)c1. The molecular weight excluding hydrogens is 204 g/mol. The van der Waals surface area contributed by atoms with Gasteiger partial charge < -0.3 is 10.1 Å². The van der Waals surface area contributed by atoms with E-state index in [4.69, 9.17) is 4.74 Å². The van der Waals surface area contributed by atoms with Gasteiger partial charge in [-0.3, -0.25) is 4.79 Å². The summed E-state index contributed by atoms with van der Waals surface area (Å²) >= 11 is 0. The molecule has 0 radical (unpaired) electrons. The average molecular weight is 215 g/mol. The second-order valence-corrected chi connectivity index (χ2v) is 2.88. The number of ether oxygens (including phenoxy) is 1. The maximum absolute atomic E-state index is 12.7.